The van der Waals surface area contributed by atoms with Gasteiger partial charge in [-0.15, -0.1) is 0 Å². The minimum atomic E-state index is -0.749. The van der Waals surface area contributed by atoms with Crippen LogP contribution in [0.2, 0.25) is 0 Å². The molecule has 0 amide bonds. The molecule has 0 bridgehead atoms. The van der Waals surface area contributed by atoms with Gasteiger partial charge < -0.3 is 10.4 Å². The van der Waals surface area contributed by atoms with Gasteiger partial charge in [0.05, 0.1) is 0 Å². The Kier molecular flexibility index (Phi) is 11.4. The van der Waals surface area contributed by atoms with E-state index in [2.05, 4.69) is 11.9 Å². The average molecular weight is 153 g/mol. The van der Waals surface area contributed by atoms with E-state index >= 15 is 0 Å². The van der Waals surface area contributed by atoms with Gasteiger partial charge in [-0.05, 0) is 12.6 Å². The van der Waals surface area contributed by atoms with E-state index in [4.69, 9.17) is 5.11 Å². The summed E-state index contributed by atoms with van der Waals surface area (Å²) in [5.74, 6) is -0.749. The Hall–Kier alpha value is 0.0100. The molecule has 3 nitrogen and oxygen atoms in total. The summed E-state index contributed by atoms with van der Waals surface area (Å²) in [6.07, 6.45) is 2.43. The Morgan fingerprint density at radius 3 is 2.70 bits per heavy atom. The van der Waals surface area contributed by atoms with E-state index in [0.717, 1.165) is 0 Å². The molecule has 0 aromatic rings. The van der Waals surface area contributed by atoms with Crippen molar-refractivity contribution in [2.75, 3.05) is 6.54 Å². The molecule has 0 saturated heterocycles. The topological polar surface area (TPSA) is 49.3 Å². The molecular weight excluding hydrogens is 141 g/mol. The zero-order valence-electron chi connectivity index (χ0n) is 5.26. The zero-order valence-corrected chi connectivity index (χ0v) is 5.26. The number of hydrogen-bond donors (Lipinski definition) is 2. The van der Waals surface area contributed by atoms with Crippen molar-refractivity contribution in [1.29, 1.82) is 0 Å². The van der Waals surface area contributed by atoms with Crippen molar-refractivity contribution in [1.82, 2.24) is 5.32 Å². The second-order valence-corrected chi connectivity index (χ2v) is 1.66. The molecule has 2 N–H and O–H groups in total. The molecule has 0 aliphatic carbocycles. The van der Waals surface area contributed by atoms with Gasteiger partial charge in [0.25, 0.3) is 0 Å². The number of carboxylic acids is 1. The maximum absolute atomic E-state index is 9.91. The number of aliphatic carboxylic acids is 1. The molecule has 0 radical (unpaired) electrons. The monoisotopic (exact) mass is 153 g/mol. The van der Waals surface area contributed by atoms with Crippen LogP contribution in [-0.4, -0.2) is 47.2 Å². The van der Waals surface area contributed by atoms with E-state index in [-0.39, 0.29) is 36.0 Å². The summed E-state index contributed by atoms with van der Waals surface area (Å²) in [7, 11) is 0. The number of rotatable bonds is 5. The van der Waals surface area contributed by atoms with E-state index in [1.165, 1.54) is 0 Å². The van der Waals surface area contributed by atoms with Gasteiger partial charge in [0.2, 0.25) is 0 Å². The molecule has 0 heterocycles. The van der Waals surface area contributed by atoms with Crippen molar-refractivity contribution in [2.24, 2.45) is 0 Å². The summed E-state index contributed by atoms with van der Waals surface area (Å²) in [6, 6.07) is 0. The Bertz CT molecular complexity index is 106. The van der Waals surface area contributed by atoms with E-state index in [0.29, 0.717) is 13.0 Å². The molecule has 0 atom stereocenters. The van der Waals surface area contributed by atoms with Crippen LogP contribution in [0.4, 0.5) is 0 Å². The fourth-order valence-electron chi connectivity index (χ4n) is 0.444. The summed E-state index contributed by atoms with van der Waals surface area (Å²) >= 11 is 0. The predicted octanol–water partition coefficient (Wildman–Crippen LogP) is -0.0642. The van der Waals surface area contributed by atoms with Crippen molar-refractivity contribution in [3.05, 3.63) is 12.8 Å². The van der Waals surface area contributed by atoms with Gasteiger partial charge in [-0.3, -0.25) is 4.79 Å². The van der Waals surface area contributed by atoms with Crippen LogP contribution in [0.1, 0.15) is 12.8 Å². The molecule has 0 spiro atoms. The summed E-state index contributed by atoms with van der Waals surface area (Å²) < 4.78 is 0. The maximum atomic E-state index is 9.91. The van der Waals surface area contributed by atoms with E-state index in [1.54, 1.807) is 6.20 Å². The Morgan fingerprint density at radius 1 is 1.70 bits per heavy atom. The van der Waals surface area contributed by atoms with Crippen LogP contribution in [0.25, 0.3) is 0 Å². The van der Waals surface area contributed by atoms with E-state index in [9.17, 15) is 4.79 Å². The number of carbonyl (C=O) groups is 1. The fraction of sp³-hybridized carbons (Fsp3) is 0.500. The van der Waals surface area contributed by atoms with Crippen LogP contribution in [0, 0.1) is 0 Å². The molecular formula is C6H12NNaO2. The Morgan fingerprint density at radius 2 is 2.30 bits per heavy atom. The first-order valence-corrected chi connectivity index (χ1v) is 2.83. The van der Waals surface area contributed by atoms with Crippen LogP contribution in [0.3, 0.4) is 0 Å². The van der Waals surface area contributed by atoms with Gasteiger partial charge in [0, 0.05) is 13.0 Å². The standard InChI is InChI=1S/C6H11NO2.Na.H/c1-2-7-5-3-4-6(8)9;;/h2,7H,1,3-5H2,(H,8,9);;. The van der Waals surface area contributed by atoms with Crippen molar-refractivity contribution in [3.63, 3.8) is 0 Å². The zero-order chi connectivity index (χ0) is 7.11. The summed E-state index contributed by atoms with van der Waals surface area (Å²) in [5.41, 5.74) is 0. The van der Waals surface area contributed by atoms with Crippen LogP contribution in [0.15, 0.2) is 12.8 Å². The van der Waals surface area contributed by atoms with Crippen LogP contribution < -0.4 is 5.32 Å². The quantitative estimate of drug-likeness (QED) is 0.429. The number of nitrogens with one attached hydrogen (secondary N) is 1. The van der Waals surface area contributed by atoms with Crippen molar-refractivity contribution >= 4 is 35.5 Å². The molecule has 54 valence electrons. The third-order valence-corrected chi connectivity index (χ3v) is 0.856. The third kappa shape index (κ3) is 10.9. The summed E-state index contributed by atoms with van der Waals surface area (Å²) in [5, 5.41) is 11.0. The predicted molar refractivity (Wildman–Crippen MR) is 42.2 cm³/mol. The summed E-state index contributed by atoms with van der Waals surface area (Å²) in [6.45, 7) is 4.11. The average Bonchev–Trinajstić information content (AvgIpc) is 1.80. The molecule has 0 aromatic heterocycles. The molecule has 0 aromatic carbocycles. The molecule has 4 heteroatoms. The van der Waals surface area contributed by atoms with Gasteiger partial charge in [-0.1, -0.05) is 6.58 Å². The van der Waals surface area contributed by atoms with Gasteiger partial charge in [0.1, 0.15) is 0 Å². The van der Waals surface area contributed by atoms with Crippen LogP contribution in [0.5, 0.6) is 0 Å². The first-order chi connectivity index (χ1) is 4.27. The van der Waals surface area contributed by atoms with Crippen LogP contribution >= 0.6 is 0 Å². The van der Waals surface area contributed by atoms with Crippen molar-refractivity contribution in [2.45, 2.75) is 12.8 Å². The van der Waals surface area contributed by atoms with Crippen LogP contribution in [-0.2, 0) is 4.79 Å². The second-order valence-electron chi connectivity index (χ2n) is 1.66. The Balaban J connectivity index is 0. The first-order valence-electron chi connectivity index (χ1n) is 2.83. The minimum absolute atomic E-state index is 0. The fourth-order valence-corrected chi connectivity index (χ4v) is 0.444. The van der Waals surface area contributed by atoms with Gasteiger partial charge in [-0.25, -0.2) is 0 Å². The van der Waals surface area contributed by atoms with Crippen molar-refractivity contribution in [3.8, 4) is 0 Å². The molecule has 0 aliphatic rings. The molecule has 0 aliphatic heterocycles. The Labute approximate surface area is 82.8 Å². The van der Waals surface area contributed by atoms with Crippen molar-refractivity contribution < 1.29 is 9.90 Å². The van der Waals surface area contributed by atoms with Gasteiger partial charge in [-0.2, -0.15) is 0 Å². The number of carboxylic acid groups (broad SMARTS) is 1. The third-order valence-electron chi connectivity index (χ3n) is 0.856. The molecule has 0 unspecified atom stereocenters. The molecule has 10 heavy (non-hydrogen) atoms. The summed E-state index contributed by atoms with van der Waals surface area (Å²) in [4.78, 5) is 9.91. The first kappa shape index (κ1) is 12.7. The number of hydrogen-bond acceptors (Lipinski definition) is 2. The van der Waals surface area contributed by atoms with Gasteiger partial charge in [0.15, 0.2) is 0 Å². The van der Waals surface area contributed by atoms with Gasteiger partial charge >= 0.3 is 35.5 Å². The molecule has 0 rings (SSSR count). The molecule has 0 fully saturated rings. The second kappa shape index (κ2) is 9.01. The SMILES string of the molecule is C=CNCCCC(=O)O.[NaH]. The normalized spacial score (nSPS) is 7.60. The molecule has 0 saturated carbocycles. The van der Waals surface area contributed by atoms with E-state index < -0.39 is 5.97 Å². The van der Waals surface area contributed by atoms with E-state index in [1.807, 2.05) is 0 Å².